The minimum atomic E-state index is 0.615. The van der Waals surface area contributed by atoms with Crippen LogP contribution in [0.25, 0.3) is 0 Å². The van der Waals surface area contributed by atoms with Gasteiger partial charge in [0.15, 0.2) is 0 Å². The lowest BCUT2D eigenvalue weighted by molar-refractivity contribution is 0.0679. The minimum absolute atomic E-state index is 0.615. The molecule has 2 fully saturated rings. The second-order valence-corrected chi connectivity index (χ2v) is 8.04. The van der Waals surface area contributed by atoms with Gasteiger partial charge in [0.2, 0.25) is 0 Å². The lowest BCUT2D eigenvalue weighted by Gasteiger charge is -2.51. The van der Waals surface area contributed by atoms with Gasteiger partial charge in [-0.05, 0) is 67.8 Å². The standard InChI is InChI=1S/C20H28O/c1-13-11-14-12-15(21-3)6-7-16(14)17-8-10-20(2)9-4-5-18(20)19(13)17/h6,17-19H,1,4-5,7-12H2,2-3H3/t17-,18+,19-,20+/m1/s1. The normalized spacial score (nSPS) is 42.1. The van der Waals surface area contributed by atoms with Crippen molar-refractivity contribution >= 4 is 0 Å². The van der Waals surface area contributed by atoms with E-state index in [0.29, 0.717) is 5.41 Å². The van der Waals surface area contributed by atoms with Crippen molar-refractivity contribution in [2.45, 2.75) is 58.3 Å². The van der Waals surface area contributed by atoms with Crippen LogP contribution in [0.3, 0.4) is 0 Å². The fourth-order valence-electron chi connectivity index (χ4n) is 5.99. The number of fused-ring (bicyclic) bond motifs is 4. The van der Waals surface area contributed by atoms with Crippen molar-refractivity contribution in [1.82, 2.24) is 0 Å². The van der Waals surface area contributed by atoms with Crippen LogP contribution in [0, 0.1) is 23.2 Å². The van der Waals surface area contributed by atoms with Gasteiger partial charge in [-0.2, -0.15) is 0 Å². The molecule has 4 atom stereocenters. The molecule has 4 aliphatic carbocycles. The summed E-state index contributed by atoms with van der Waals surface area (Å²) in [6.07, 6.45) is 12.8. The van der Waals surface area contributed by atoms with Gasteiger partial charge in [-0.1, -0.05) is 36.6 Å². The molecular formula is C20H28O. The third kappa shape index (κ3) is 1.96. The zero-order chi connectivity index (χ0) is 14.6. The summed E-state index contributed by atoms with van der Waals surface area (Å²) < 4.78 is 5.49. The summed E-state index contributed by atoms with van der Waals surface area (Å²) in [5.41, 5.74) is 5.56. The van der Waals surface area contributed by atoms with Crippen LogP contribution in [-0.4, -0.2) is 7.11 Å². The lowest BCUT2D eigenvalue weighted by atomic mass is 9.54. The van der Waals surface area contributed by atoms with Crippen molar-refractivity contribution in [2.75, 3.05) is 7.11 Å². The van der Waals surface area contributed by atoms with Gasteiger partial charge < -0.3 is 4.74 Å². The summed E-state index contributed by atoms with van der Waals surface area (Å²) in [4.78, 5) is 0. The predicted molar refractivity (Wildman–Crippen MR) is 86.8 cm³/mol. The predicted octanol–water partition coefficient (Wildman–Crippen LogP) is 5.40. The Morgan fingerprint density at radius 1 is 1.24 bits per heavy atom. The monoisotopic (exact) mass is 284 g/mol. The lowest BCUT2D eigenvalue weighted by Crippen LogP contribution is -2.42. The highest BCUT2D eigenvalue weighted by atomic mass is 16.5. The van der Waals surface area contributed by atoms with Gasteiger partial charge in [0.05, 0.1) is 12.9 Å². The molecule has 0 aromatic carbocycles. The first-order chi connectivity index (χ1) is 10.1. The SMILES string of the molecule is C=C1CC2=C(CC=C(OC)C2)[C@H]2CC[C@]3(C)CCC[C@H]3[C@H]12. The maximum absolute atomic E-state index is 5.49. The highest BCUT2D eigenvalue weighted by Gasteiger charge is 2.51. The van der Waals surface area contributed by atoms with Gasteiger partial charge in [0, 0.05) is 6.42 Å². The average molecular weight is 284 g/mol. The molecule has 0 aromatic rings. The van der Waals surface area contributed by atoms with Crippen molar-refractivity contribution in [3.63, 3.8) is 0 Å². The Hall–Kier alpha value is -0.980. The third-order valence-corrected chi connectivity index (χ3v) is 7.06. The van der Waals surface area contributed by atoms with Crippen LogP contribution in [0.4, 0.5) is 0 Å². The smallest absolute Gasteiger partial charge is 0.0959 e. The van der Waals surface area contributed by atoms with Gasteiger partial charge >= 0.3 is 0 Å². The summed E-state index contributed by atoms with van der Waals surface area (Å²) in [6, 6.07) is 0. The first kappa shape index (κ1) is 13.7. The van der Waals surface area contributed by atoms with Crippen LogP contribution < -0.4 is 0 Å². The van der Waals surface area contributed by atoms with Crippen molar-refractivity contribution in [3.05, 3.63) is 35.1 Å². The van der Waals surface area contributed by atoms with E-state index in [1.165, 1.54) is 43.4 Å². The van der Waals surface area contributed by atoms with Gasteiger partial charge in [0.1, 0.15) is 0 Å². The Kier molecular flexibility index (Phi) is 3.10. The molecule has 0 saturated heterocycles. The van der Waals surface area contributed by atoms with Crippen LogP contribution in [0.15, 0.2) is 35.1 Å². The minimum Gasteiger partial charge on any atom is -0.501 e. The quantitative estimate of drug-likeness (QED) is 0.586. The topological polar surface area (TPSA) is 9.23 Å². The van der Waals surface area contributed by atoms with Crippen LogP contribution >= 0.6 is 0 Å². The number of methoxy groups -OCH3 is 1. The second kappa shape index (κ2) is 4.76. The van der Waals surface area contributed by atoms with Gasteiger partial charge in [-0.3, -0.25) is 0 Å². The van der Waals surface area contributed by atoms with Crippen LogP contribution in [0.5, 0.6) is 0 Å². The molecule has 1 nitrogen and oxygen atoms in total. The van der Waals surface area contributed by atoms with E-state index in [2.05, 4.69) is 19.6 Å². The molecule has 1 heteroatoms. The third-order valence-electron chi connectivity index (χ3n) is 7.06. The molecule has 4 aliphatic rings. The molecule has 0 unspecified atom stereocenters. The van der Waals surface area contributed by atoms with E-state index in [9.17, 15) is 0 Å². The Labute approximate surface area is 129 Å². The summed E-state index contributed by atoms with van der Waals surface area (Å²) >= 11 is 0. The van der Waals surface area contributed by atoms with Crippen molar-refractivity contribution in [3.8, 4) is 0 Å². The van der Waals surface area contributed by atoms with Gasteiger partial charge in [0.25, 0.3) is 0 Å². The van der Waals surface area contributed by atoms with Crippen LogP contribution in [0.2, 0.25) is 0 Å². The highest BCUT2D eigenvalue weighted by Crippen LogP contribution is 2.62. The highest BCUT2D eigenvalue weighted by molar-refractivity contribution is 5.38. The maximum Gasteiger partial charge on any atom is 0.0959 e. The molecule has 0 aliphatic heterocycles. The number of hydrogen-bond donors (Lipinski definition) is 0. The molecule has 0 bridgehead atoms. The first-order valence-corrected chi connectivity index (χ1v) is 8.74. The molecule has 0 spiro atoms. The van der Waals surface area contributed by atoms with Gasteiger partial charge in [-0.25, -0.2) is 0 Å². The average Bonchev–Trinajstić information content (AvgIpc) is 2.88. The second-order valence-electron chi connectivity index (χ2n) is 8.04. The fourth-order valence-corrected chi connectivity index (χ4v) is 5.99. The summed E-state index contributed by atoms with van der Waals surface area (Å²) in [6.45, 7) is 7.09. The molecule has 0 radical (unpaired) electrons. The molecular weight excluding hydrogens is 256 g/mol. The van der Waals surface area contributed by atoms with E-state index in [1.54, 1.807) is 11.1 Å². The first-order valence-electron chi connectivity index (χ1n) is 8.74. The number of ether oxygens (including phenoxy) is 1. The Bertz CT molecular complexity index is 538. The van der Waals surface area contributed by atoms with Crippen molar-refractivity contribution < 1.29 is 4.74 Å². The van der Waals surface area contributed by atoms with E-state index in [0.717, 1.165) is 37.0 Å². The Morgan fingerprint density at radius 2 is 2.10 bits per heavy atom. The van der Waals surface area contributed by atoms with Crippen LogP contribution in [0.1, 0.15) is 58.3 Å². The molecule has 21 heavy (non-hydrogen) atoms. The Morgan fingerprint density at radius 3 is 2.90 bits per heavy atom. The Balaban J connectivity index is 1.67. The molecule has 0 amide bonds. The summed E-state index contributed by atoms with van der Waals surface area (Å²) in [5, 5.41) is 0. The molecule has 0 heterocycles. The number of allylic oxidation sites excluding steroid dienone is 4. The van der Waals surface area contributed by atoms with E-state index >= 15 is 0 Å². The van der Waals surface area contributed by atoms with Gasteiger partial charge in [-0.15, -0.1) is 0 Å². The molecule has 2 saturated carbocycles. The molecule has 0 aromatic heterocycles. The summed E-state index contributed by atoms with van der Waals surface area (Å²) in [5.74, 6) is 3.65. The molecule has 114 valence electrons. The van der Waals surface area contributed by atoms with Crippen molar-refractivity contribution in [1.29, 1.82) is 0 Å². The zero-order valence-corrected chi connectivity index (χ0v) is 13.6. The van der Waals surface area contributed by atoms with E-state index in [1.807, 2.05) is 7.11 Å². The maximum atomic E-state index is 5.49. The molecule has 0 N–H and O–H groups in total. The van der Waals surface area contributed by atoms with E-state index < -0.39 is 0 Å². The van der Waals surface area contributed by atoms with Crippen LogP contribution in [-0.2, 0) is 4.74 Å². The largest absolute Gasteiger partial charge is 0.501 e. The van der Waals surface area contributed by atoms with Crippen molar-refractivity contribution in [2.24, 2.45) is 23.2 Å². The number of rotatable bonds is 1. The zero-order valence-electron chi connectivity index (χ0n) is 13.6. The van der Waals surface area contributed by atoms with E-state index in [4.69, 9.17) is 4.74 Å². The molecule has 4 rings (SSSR count). The number of hydrogen-bond acceptors (Lipinski definition) is 1. The fraction of sp³-hybridized carbons (Fsp3) is 0.700. The van der Waals surface area contributed by atoms with E-state index in [-0.39, 0.29) is 0 Å². The summed E-state index contributed by atoms with van der Waals surface area (Å²) in [7, 11) is 1.81.